The number of carbonyl (C=O) groups is 1. The van der Waals surface area contributed by atoms with E-state index in [0.717, 1.165) is 0 Å². The number of aliphatic hydroxyl groups excluding tert-OH is 1. The number of carbonyl (C=O) groups excluding carboxylic acids is 1. The zero-order valence-corrected chi connectivity index (χ0v) is 7.72. The number of aliphatic hydroxyl groups is 1. The fraction of sp³-hybridized carbons (Fsp3) is 0.500. The Morgan fingerprint density at radius 2 is 2.62 bits per heavy atom. The van der Waals surface area contributed by atoms with Crippen LogP contribution >= 0.6 is 12.2 Å². The second kappa shape index (κ2) is 4.15. The number of amides is 1. The van der Waals surface area contributed by atoms with Crippen molar-refractivity contribution in [3.63, 3.8) is 0 Å². The van der Waals surface area contributed by atoms with Gasteiger partial charge in [-0.05, 0) is 19.1 Å². The zero-order chi connectivity index (χ0) is 9.84. The highest BCUT2D eigenvalue weighted by atomic mass is 32.1. The van der Waals surface area contributed by atoms with Gasteiger partial charge in [-0.1, -0.05) is 0 Å². The largest absolute Gasteiger partial charge is 0.412 e. The van der Waals surface area contributed by atoms with Crippen molar-refractivity contribution in [2.75, 3.05) is 0 Å². The molecule has 1 heterocycles. The van der Waals surface area contributed by atoms with Crippen molar-refractivity contribution < 1.29 is 14.3 Å². The molecule has 0 saturated heterocycles. The van der Waals surface area contributed by atoms with E-state index in [9.17, 15) is 4.79 Å². The lowest BCUT2D eigenvalue weighted by molar-refractivity contribution is -0.128. The quantitative estimate of drug-likeness (QED) is 0.588. The van der Waals surface area contributed by atoms with Gasteiger partial charge in [0.1, 0.15) is 6.10 Å². The molecule has 0 aliphatic rings. The number of rotatable bonds is 3. The standard InChI is InChI=1S/C6H9N3O3S/c1-3(10)5(11)7-2-4-8-9-6(13)12-4/h3,10H,2H2,1H3,(H,7,11)(H,9,13). The maximum atomic E-state index is 10.9. The van der Waals surface area contributed by atoms with Crippen LogP contribution in [0.5, 0.6) is 0 Å². The van der Waals surface area contributed by atoms with Crippen LogP contribution in [0.3, 0.4) is 0 Å². The van der Waals surface area contributed by atoms with Crippen LogP contribution in [0.2, 0.25) is 0 Å². The van der Waals surface area contributed by atoms with Gasteiger partial charge >= 0.3 is 0 Å². The predicted molar refractivity (Wildman–Crippen MR) is 45.2 cm³/mol. The van der Waals surface area contributed by atoms with Gasteiger partial charge in [-0.25, -0.2) is 5.10 Å². The number of aromatic nitrogens is 2. The molecule has 7 heteroatoms. The summed E-state index contributed by atoms with van der Waals surface area (Å²) in [5.74, 6) is -0.205. The third-order valence-electron chi connectivity index (χ3n) is 1.28. The number of hydrogen-bond donors (Lipinski definition) is 3. The predicted octanol–water partition coefficient (Wildman–Crippen LogP) is -0.271. The maximum Gasteiger partial charge on any atom is 0.284 e. The molecule has 0 radical (unpaired) electrons. The Hall–Kier alpha value is -1.21. The van der Waals surface area contributed by atoms with Crippen molar-refractivity contribution in [3.8, 4) is 0 Å². The summed E-state index contributed by atoms with van der Waals surface area (Å²) in [7, 11) is 0. The first-order valence-electron chi connectivity index (χ1n) is 3.60. The van der Waals surface area contributed by atoms with E-state index in [2.05, 4.69) is 27.7 Å². The molecular weight excluding hydrogens is 194 g/mol. The van der Waals surface area contributed by atoms with Crippen LogP contribution in [0.1, 0.15) is 12.8 Å². The number of nitrogens with one attached hydrogen (secondary N) is 2. The minimum atomic E-state index is -1.04. The lowest BCUT2D eigenvalue weighted by Gasteiger charge is -2.03. The van der Waals surface area contributed by atoms with Crippen molar-refractivity contribution in [2.45, 2.75) is 19.6 Å². The number of aromatic amines is 1. The average Bonchev–Trinajstić information content (AvgIpc) is 2.47. The Morgan fingerprint density at radius 3 is 3.08 bits per heavy atom. The Balaban J connectivity index is 2.44. The van der Waals surface area contributed by atoms with E-state index in [0.29, 0.717) is 0 Å². The summed E-state index contributed by atoms with van der Waals surface area (Å²) < 4.78 is 4.87. The number of H-pyrrole nitrogens is 1. The lowest BCUT2D eigenvalue weighted by atomic mass is 10.4. The van der Waals surface area contributed by atoms with Gasteiger partial charge in [0.2, 0.25) is 11.8 Å². The molecule has 3 N–H and O–H groups in total. The molecule has 1 aromatic rings. The first kappa shape index (κ1) is 9.87. The summed E-state index contributed by atoms with van der Waals surface area (Å²) in [5, 5.41) is 17.3. The lowest BCUT2D eigenvalue weighted by Crippen LogP contribution is -2.32. The molecule has 0 fully saturated rings. The van der Waals surface area contributed by atoms with E-state index < -0.39 is 12.0 Å². The van der Waals surface area contributed by atoms with Crippen molar-refractivity contribution in [3.05, 3.63) is 10.7 Å². The van der Waals surface area contributed by atoms with Gasteiger partial charge in [-0.2, -0.15) is 0 Å². The Bertz CT molecular complexity index is 343. The Kier molecular flexibility index (Phi) is 3.15. The fourth-order valence-corrected chi connectivity index (χ4v) is 0.789. The van der Waals surface area contributed by atoms with Gasteiger partial charge in [0.15, 0.2) is 0 Å². The number of nitrogens with zero attached hydrogens (tertiary/aromatic N) is 1. The number of hydrogen-bond acceptors (Lipinski definition) is 5. The summed E-state index contributed by atoms with van der Waals surface area (Å²) >= 11 is 4.62. The molecule has 1 unspecified atom stereocenters. The summed E-state index contributed by atoms with van der Waals surface area (Å²) in [4.78, 5) is 11.0. The molecule has 1 atom stereocenters. The second-order valence-electron chi connectivity index (χ2n) is 2.40. The maximum absolute atomic E-state index is 10.9. The molecule has 0 aliphatic heterocycles. The highest BCUT2D eigenvalue weighted by Crippen LogP contribution is 1.93. The van der Waals surface area contributed by atoms with Crippen LogP contribution in [-0.2, 0) is 11.3 Å². The smallest absolute Gasteiger partial charge is 0.284 e. The van der Waals surface area contributed by atoms with E-state index in [1.807, 2.05) is 0 Å². The molecule has 0 bridgehead atoms. The van der Waals surface area contributed by atoms with Crippen molar-refractivity contribution >= 4 is 18.1 Å². The first-order valence-corrected chi connectivity index (χ1v) is 4.00. The molecule has 13 heavy (non-hydrogen) atoms. The summed E-state index contributed by atoms with van der Waals surface area (Å²) in [6.45, 7) is 1.48. The Morgan fingerprint density at radius 1 is 1.92 bits per heavy atom. The molecule has 0 aromatic carbocycles. The van der Waals surface area contributed by atoms with Crippen LogP contribution in [0, 0.1) is 4.84 Å². The monoisotopic (exact) mass is 203 g/mol. The molecule has 0 saturated carbocycles. The van der Waals surface area contributed by atoms with Crippen LogP contribution in [0.15, 0.2) is 4.42 Å². The minimum Gasteiger partial charge on any atom is -0.412 e. The van der Waals surface area contributed by atoms with Crippen LogP contribution in [0.4, 0.5) is 0 Å². The molecule has 1 rings (SSSR count). The van der Waals surface area contributed by atoms with E-state index in [-0.39, 0.29) is 17.3 Å². The molecule has 1 aromatic heterocycles. The van der Waals surface area contributed by atoms with E-state index in [1.54, 1.807) is 0 Å². The van der Waals surface area contributed by atoms with Gasteiger partial charge in [-0.15, -0.1) is 5.10 Å². The molecule has 72 valence electrons. The summed E-state index contributed by atoms with van der Waals surface area (Å²) in [5.41, 5.74) is 0. The van der Waals surface area contributed by atoms with Gasteiger partial charge in [-0.3, -0.25) is 4.79 Å². The summed E-state index contributed by atoms with van der Waals surface area (Å²) in [6.07, 6.45) is -1.04. The Labute approximate surface area is 79.0 Å². The third-order valence-corrected chi connectivity index (χ3v) is 1.45. The van der Waals surface area contributed by atoms with Crippen molar-refractivity contribution in [1.82, 2.24) is 15.5 Å². The van der Waals surface area contributed by atoms with Crippen molar-refractivity contribution in [1.29, 1.82) is 0 Å². The second-order valence-corrected chi connectivity index (χ2v) is 2.77. The first-order chi connectivity index (χ1) is 6.09. The zero-order valence-electron chi connectivity index (χ0n) is 6.90. The average molecular weight is 203 g/mol. The molecule has 6 nitrogen and oxygen atoms in total. The van der Waals surface area contributed by atoms with Crippen molar-refractivity contribution in [2.24, 2.45) is 0 Å². The molecule has 0 aliphatic carbocycles. The van der Waals surface area contributed by atoms with Crippen LogP contribution in [-0.4, -0.2) is 27.3 Å². The minimum absolute atomic E-state index is 0.108. The van der Waals surface area contributed by atoms with Crippen LogP contribution < -0.4 is 5.32 Å². The SMILES string of the molecule is CC(O)C(=O)NCc1n[nH]c(=S)o1. The normalized spacial score (nSPS) is 12.5. The van der Waals surface area contributed by atoms with Gasteiger partial charge in [0.25, 0.3) is 4.84 Å². The highest BCUT2D eigenvalue weighted by molar-refractivity contribution is 7.71. The summed E-state index contributed by atoms with van der Waals surface area (Å²) in [6, 6.07) is 0. The van der Waals surface area contributed by atoms with E-state index in [1.165, 1.54) is 6.92 Å². The topological polar surface area (TPSA) is 91.1 Å². The highest BCUT2D eigenvalue weighted by Gasteiger charge is 2.08. The van der Waals surface area contributed by atoms with E-state index >= 15 is 0 Å². The van der Waals surface area contributed by atoms with Crippen LogP contribution in [0.25, 0.3) is 0 Å². The third kappa shape index (κ3) is 2.96. The van der Waals surface area contributed by atoms with Gasteiger partial charge < -0.3 is 14.8 Å². The van der Waals surface area contributed by atoms with E-state index in [4.69, 9.17) is 9.52 Å². The molecular formula is C6H9N3O3S. The van der Waals surface area contributed by atoms with Gasteiger partial charge in [0.05, 0.1) is 6.54 Å². The molecule has 1 amide bonds. The molecule has 0 spiro atoms. The van der Waals surface area contributed by atoms with Gasteiger partial charge in [0, 0.05) is 0 Å². The fourth-order valence-electron chi connectivity index (χ4n) is 0.647.